The Morgan fingerprint density at radius 2 is 1.90 bits per heavy atom. The lowest BCUT2D eigenvalue weighted by Crippen LogP contribution is -2.24. The summed E-state index contributed by atoms with van der Waals surface area (Å²) in [6.07, 6.45) is 2.74. The van der Waals surface area contributed by atoms with Crippen LogP contribution in [0.2, 0.25) is 0 Å². The van der Waals surface area contributed by atoms with Crippen LogP contribution >= 0.6 is 12.2 Å². The third-order valence-corrected chi connectivity index (χ3v) is 5.70. The summed E-state index contributed by atoms with van der Waals surface area (Å²) in [6.45, 7) is 4.40. The number of aromatic nitrogens is 5. The first-order valence-electron chi connectivity index (χ1n) is 10.1. The molecule has 2 aromatic carbocycles. The summed E-state index contributed by atoms with van der Waals surface area (Å²) in [6, 6.07) is 16.1. The number of aromatic amines is 1. The van der Waals surface area contributed by atoms with E-state index in [1.165, 1.54) is 5.56 Å². The molecule has 0 spiro atoms. The van der Waals surface area contributed by atoms with Crippen LogP contribution in [0.5, 0.6) is 0 Å². The van der Waals surface area contributed by atoms with Gasteiger partial charge in [-0.3, -0.25) is 9.89 Å². The molecule has 0 atom stereocenters. The number of amides is 1. The molecular weight excluding hydrogens is 408 g/mol. The molecule has 0 bridgehead atoms. The van der Waals surface area contributed by atoms with Gasteiger partial charge in [0.1, 0.15) is 5.69 Å². The molecule has 158 valence electrons. The molecule has 0 radical (unpaired) electrons. The van der Waals surface area contributed by atoms with Gasteiger partial charge >= 0.3 is 0 Å². The number of hydrogen-bond donors (Lipinski definition) is 2. The van der Waals surface area contributed by atoms with Crippen LogP contribution in [-0.4, -0.2) is 30.5 Å². The topological polar surface area (TPSA) is 80.5 Å². The standard InChI is InChI=1S/C23H24N6OS/c1-4-16-9-11-17(12-10-16)21-18(14-29(27-21)19-8-6-5-7-15(19)2)22(30)24-13-20-25-26-23(31)28(20)3/h5-12,14H,4,13H2,1-3H3,(H,24,30)(H,26,31). The monoisotopic (exact) mass is 432 g/mol. The van der Waals surface area contributed by atoms with Crippen LogP contribution in [0, 0.1) is 11.7 Å². The lowest BCUT2D eigenvalue weighted by molar-refractivity contribution is 0.0950. The fourth-order valence-corrected chi connectivity index (χ4v) is 3.54. The number of rotatable bonds is 6. The Bertz CT molecular complexity index is 1280. The molecular formula is C23H24N6OS. The van der Waals surface area contributed by atoms with Gasteiger partial charge in [-0.25, -0.2) is 4.68 Å². The van der Waals surface area contributed by atoms with Crippen molar-refractivity contribution in [2.75, 3.05) is 0 Å². The minimum Gasteiger partial charge on any atom is -0.345 e. The van der Waals surface area contributed by atoms with Gasteiger partial charge in [-0.15, -0.1) is 0 Å². The van der Waals surface area contributed by atoms with E-state index in [4.69, 9.17) is 17.3 Å². The maximum absolute atomic E-state index is 13.1. The highest BCUT2D eigenvalue weighted by Gasteiger charge is 2.19. The number of aryl methyl sites for hydroxylation is 2. The molecule has 0 fully saturated rings. The number of nitrogens with one attached hydrogen (secondary N) is 2. The van der Waals surface area contributed by atoms with Crippen molar-refractivity contribution < 1.29 is 4.79 Å². The van der Waals surface area contributed by atoms with E-state index in [9.17, 15) is 4.79 Å². The van der Waals surface area contributed by atoms with Crippen LogP contribution in [0.3, 0.4) is 0 Å². The molecule has 31 heavy (non-hydrogen) atoms. The first kappa shape index (κ1) is 20.7. The largest absolute Gasteiger partial charge is 0.345 e. The molecule has 0 aliphatic heterocycles. The molecule has 2 aromatic heterocycles. The van der Waals surface area contributed by atoms with Gasteiger partial charge in [0.25, 0.3) is 5.91 Å². The van der Waals surface area contributed by atoms with Crippen molar-refractivity contribution in [3.05, 3.63) is 82.0 Å². The molecule has 2 heterocycles. The van der Waals surface area contributed by atoms with Crippen LogP contribution in [0.15, 0.2) is 54.7 Å². The average molecular weight is 433 g/mol. The fourth-order valence-electron chi connectivity index (χ4n) is 3.39. The zero-order chi connectivity index (χ0) is 22.0. The zero-order valence-corrected chi connectivity index (χ0v) is 18.5. The summed E-state index contributed by atoms with van der Waals surface area (Å²) in [5.41, 5.74) is 5.28. The van der Waals surface area contributed by atoms with Crippen LogP contribution in [0.1, 0.15) is 34.2 Å². The zero-order valence-electron chi connectivity index (χ0n) is 17.7. The molecule has 4 rings (SSSR count). The maximum Gasteiger partial charge on any atom is 0.255 e. The first-order chi connectivity index (χ1) is 15.0. The SMILES string of the molecule is CCc1ccc(-c2nn(-c3ccccc3C)cc2C(=O)NCc2n[nH]c(=S)n2C)cc1. The molecule has 8 heteroatoms. The molecule has 1 amide bonds. The highest BCUT2D eigenvalue weighted by Crippen LogP contribution is 2.25. The molecule has 2 N–H and O–H groups in total. The average Bonchev–Trinajstić information content (AvgIpc) is 3.37. The second-order valence-electron chi connectivity index (χ2n) is 7.36. The Kier molecular flexibility index (Phi) is 5.81. The van der Waals surface area contributed by atoms with Crippen molar-refractivity contribution in [2.24, 2.45) is 7.05 Å². The van der Waals surface area contributed by atoms with Gasteiger partial charge in [0, 0.05) is 18.8 Å². The maximum atomic E-state index is 13.1. The lowest BCUT2D eigenvalue weighted by atomic mass is 10.0. The molecule has 0 saturated carbocycles. The van der Waals surface area contributed by atoms with E-state index in [2.05, 4.69) is 34.6 Å². The van der Waals surface area contributed by atoms with Gasteiger partial charge in [0.05, 0.1) is 17.8 Å². The van der Waals surface area contributed by atoms with Crippen molar-refractivity contribution in [2.45, 2.75) is 26.8 Å². The van der Waals surface area contributed by atoms with Gasteiger partial charge in [-0.1, -0.05) is 49.4 Å². The number of para-hydroxylation sites is 1. The summed E-state index contributed by atoms with van der Waals surface area (Å²) in [5.74, 6) is 0.432. The Morgan fingerprint density at radius 1 is 1.16 bits per heavy atom. The van der Waals surface area contributed by atoms with Crippen molar-refractivity contribution >= 4 is 18.1 Å². The lowest BCUT2D eigenvalue weighted by Gasteiger charge is -2.06. The second-order valence-corrected chi connectivity index (χ2v) is 7.75. The van der Waals surface area contributed by atoms with Crippen LogP contribution in [-0.2, 0) is 20.0 Å². The first-order valence-corrected chi connectivity index (χ1v) is 10.5. The highest BCUT2D eigenvalue weighted by molar-refractivity contribution is 7.71. The van der Waals surface area contributed by atoms with Crippen molar-refractivity contribution in [3.8, 4) is 16.9 Å². The van der Waals surface area contributed by atoms with E-state index < -0.39 is 0 Å². The number of nitrogens with zero attached hydrogens (tertiary/aromatic N) is 4. The van der Waals surface area contributed by atoms with E-state index in [-0.39, 0.29) is 12.5 Å². The Labute approximate surface area is 185 Å². The van der Waals surface area contributed by atoms with Gasteiger partial charge in [-0.2, -0.15) is 10.2 Å². The van der Waals surface area contributed by atoms with Crippen LogP contribution in [0.4, 0.5) is 0 Å². The number of carbonyl (C=O) groups excluding carboxylic acids is 1. The summed E-state index contributed by atoms with van der Waals surface area (Å²) in [7, 11) is 1.81. The molecule has 0 saturated heterocycles. The minimum absolute atomic E-state index is 0.219. The van der Waals surface area contributed by atoms with E-state index in [0.29, 0.717) is 21.9 Å². The van der Waals surface area contributed by atoms with Crippen molar-refractivity contribution in [3.63, 3.8) is 0 Å². The van der Waals surface area contributed by atoms with Crippen molar-refractivity contribution in [1.29, 1.82) is 0 Å². The van der Waals surface area contributed by atoms with Gasteiger partial charge in [-0.05, 0) is 42.8 Å². The summed E-state index contributed by atoms with van der Waals surface area (Å²) in [4.78, 5) is 13.1. The van der Waals surface area contributed by atoms with Crippen LogP contribution < -0.4 is 5.32 Å². The van der Waals surface area contributed by atoms with Crippen molar-refractivity contribution in [1.82, 2.24) is 29.9 Å². The minimum atomic E-state index is -0.219. The number of carbonyl (C=O) groups is 1. The Balaban J connectivity index is 1.71. The highest BCUT2D eigenvalue weighted by atomic mass is 32.1. The van der Waals surface area contributed by atoms with E-state index in [0.717, 1.165) is 23.2 Å². The normalized spacial score (nSPS) is 10.9. The number of H-pyrrole nitrogens is 1. The molecule has 0 aliphatic rings. The predicted octanol–water partition coefficient (Wildman–Crippen LogP) is 4.13. The molecule has 4 aromatic rings. The van der Waals surface area contributed by atoms with Gasteiger partial charge in [0.15, 0.2) is 10.6 Å². The smallest absolute Gasteiger partial charge is 0.255 e. The van der Waals surface area contributed by atoms with Crippen LogP contribution in [0.25, 0.3) is 16.9 Å². The van der Waals surface area contributed by atoms with E-state index >= 15 is 0 Å². The summed E-state index contributed by atoms with van der Waals surface area (Å²) >= 11 is 5.14. The third-order valence-electron chi connectivity index (χ3n) is 5.34. The fraction of sp³-hybridized carbons (Fsp3) is 0.217. The number of hydrogen-bond acceptors (Lipinski definition) is 4. The molecule has 0 aliphatic carbocycles. The Hall–Kier alpha value is -3.52. The Morgan fingerprint density at radius 3 is 2.55 bits per heavy atom. The summed E-state index contributed by atoms with van der Waals surface area (Å²) in [5, 5.41) is 14.6. The van der Waals surface area contributed by atoms with E-state index in [1.54, 1.807) is 15.4 Å². The summed E-state index contributed by atoms with van der Waals surface area (Å²) < 4.78 is 4.01. The second kappa shape index (κ2) is 8.69. The quantitative estimate of drug-likeness (QED) is 0.449. The third kappa shape index (κ3) is 4.20. The molecule has 7 nitrogen and oxygen atoms in total. The predicted molar refractivity (Wildman–Crippen MR) is 123 cm³/mol. The molecule has 0 unspecified atom stereocenters. The van der Waals surface area contributed by atoms with Gasteiger partial charge in [0.2, 0.25) is 0 Å². The number of benzene rings is 2. The van der Waals surface area contributed by atoms with E-state index in [1.807, 2.05) is 50.4 Å². The van der Waals surface area contributed by atoms with Gasteiger partial charge < -0.3 is 9.88 Å².